The van der Waals surface area contributed by atoms with Crippen molar-refractivity contribution < 1.29 is 4.79 Å². The lowest BCUT2D eigenvalue weighted by Gasteiger charge is -2.03. The predicted octanol–water partition coefficient (Wildman–Crippen LogP) is 1.67. The third-order valence-corrected chi connectivity index (χ3v) is 3.29. The SMILES string of the molecule is CC(C)Cc1nnc(NC(=O)c2cc(NN)ccn2)s1. The Labute approximate surface area is 120 Å². The molecule has 20 heavy (non-hydrogen) atoms. The number of carbonyl (C=O) groups excluding carboxylic acids is 1. The number of rotatable bonds is 5. The minimum Gasteiger partial charge on any atom is -0.324 e. The summed E-state index contributed by atoms with van der Waals surface area (Å²) in [6.45, 7) is 4.21. The van der Waals surface area contributed by atoms with Crippen LogP contribution in [-0.2, 0) is 6.42 Å². The highest BCUT2D eigenvalue weighted by atomic mass is 32.1. The first-order valence-corrected chi connectivity index (χ1v) is 6.96. The Morgan fingerprint density at radius 2 is 2.25 bits per heavy atom. The third kappa shape index (κ3) is 3.72. The molecule has 8 heteroatoms. The van der Waals surface area contributed by atoms with Crippen LogP contribution in [0.15, 0.2) is 18.3 Å². The molecule has 2 aromatic rings. The van der Waals surface area contributed by atoms with Gasteiger partial charge in [-0.3, -0.25) is 20.9 Å². The molecule has 0 spiro atoms. The van der Waals surface area contributed by atoms with Crippen molar-refractivity contribution in [2.24, 2.45) is 11.8 Å². The molecule has 0 saturated heterocycles. The summed E-state index contributed by atoms with van der Waals surface area (Å²) >= 11 is 1.37. The Morgan fingerprint density at radius 1 is 1.45 bits per heavy atom. The summed E-state index contributed by atoms with van der Waals surface area (Å²) in [5.41, 5.74) is 3.35. The molecule has 0 aliphatic rings. The molecule has 2 heterocycles. The zero-order chi connectivity index (χ0) is 14.5. The number of nitrogens with zero attached hydrogens (tertiary/aromatic N) is 3. The van der Waals surface area contributed by atoms with Gasteiger partial charge in [0.25, 0.3) is 5.91 Å². The summed E-state index contributed by atoms with van der Waals surface area (Å²) < 4.78 is 0. The van der Waals surface area contributed by atoms with Crippen molar-refractivity contribution in [2.75, 3.05) is 10.7 Å². The zero-order valence-corrected chi connectivity index (χ0v) is 12.1. The predicted molar refractivity (Wildman–Crippen MR) is 78.5 cm³/mol. The molecule has 0 atom stereocenters. The second-order valence-corrected chi connectivity index (χ2v) is 5.69. The van der Waals surface area contributed by atoms with Gasteiger partial charge in [-0.1, -0.05) is 25.2 Å². The van der Waals surface area contributed by atoms with E-state index in [9.17, 15) is 4.79 Å². The minimum absolute atomic E-state index is 0.265. The first-order valence-electron chi connectivity index (χ1n) is 6.15. The molecule has 0 aromatic carbocycles. The second-order valence-electron chi connectivity index (χ2n) is 4.63. The Bertz CT molecular complexity index is 597. The fraction of sp³-hybridized carbons (Fsp3) is 0.333. The van der Waals surface area contributed by atoms with E-state index in [0.717, 1.165) is 11.4 Å². The highest BCUT2D eigenvalue weighted by molar-refractivity contribution is 7.15. The first-order chi connectivity index (χ1) is 9.58. The number of hydrogen-bond acceptors (Lipinski definition) is 7. The average Bonchev–Trinajstić information content (AvgIpc) is 2.85. The third-order valence-electron chi connectivity index (χ3n) is 2.43. The van der Waals surface area contributed by atoms with Crippen LogP contribution in [0.1, 0.15) is 29.3 Å². The normalized spacial score (nSPS) is 10.6. The van der Waals surface area contributed by atoms with Crippen molar-refractivity contribution in [3.63, 3.8) is 0 Å². The number of nitrogens with two attached hydrogens (primary N) is 1. The minimum atomic E-state index is -0.339. The molecule has 0 aliphatic carbocycles. The molecule has 0 unspecified atom stereocenters. The van der Waals surface area contributed by atoms with Crippen molar-refractivity contribution in [1.29, 1.82) is 0 Å². The van der Waals surface area contributed by atoms with E-state index in [4.69, 9.17) is 5.84 Å². The van der Waals surface area contributed by atoms with Gasteiger partial charge in [0.1, 0.15) is 10.7 Å². The van der Waals surface area contributed by atoms with Crippen molar-refractivity contribution in [3.8, 4) is 0 Å². The van der Waals surface area contributed by atoms with Gasteiger partial charge in [0.2, 0.25) is 5.13 Å². The van der Waals surface area contributed by atoms with Gasteiger partial charge in [0, 0.05) is 12.6 Å². The number of aromatic nitrogens is 3. The van der Waals surface area contributed by atoms with Gasteiger partial charge in [-0.2, -0.15) is 0 Å². The second kappa shape index (κ2) is 6.40. The van der Waals surface area contributed by atoms with Crippen molar-refractivity contribution in [3.05, 3.63) is 29.0 Å². The topological polar surface area (TPSA) is 106 Å². The van der Waals surface area contributed by atoms with E-state index >= 15 is 0 Å². The van der Waals surface area contributed by atoms with Crippen molar-refractivity contribution >= 4 is 28.1 Å². The molecule has 0 fully saturated rings. The lowest BCUT2D eigenvalue weighted by molar-refractivity contribution is 0.102. The van der Waals surface area contributed by atoms with Gasteiger partial charge in [-0.05, 0) is 18.1 Å². The summed E-state index contributed by atoms with van der Waals surface area (Å²) in [6, 6.07) is 3.23. The van der Waals surface area contributed by atoms with Crippen LogP contribution in [0.25, 0.3) is 0 Å². The smallest absolute Gasteiger partial charge is 0.276 e. The van der Waals surface area contributed by atoms with Gasteiger partial charge in [0.15, 0.2) is 0 Å². The van der Waals surface area contributed by atoms with Crippen LogP contribution in [0.2, 0.25) is 0 Å². The van der Waals surface area contributed by atoms with Crippen LogP contribution in [0, 0.1) is 5.92 Å². The maximum absolute atomic E-state index is 12.0. The summed E-state index contributed by atoms with van der Waals surface area (Å²) in [5.74, 6) is 5.45. The van der Waals surface area contributed by atoms with Crippen LogP contribution in [0.3, 0.4) is 0 Å². The number of hydrazine groups is 1. The fourth-order valence-corrected chi connectivity index (χ4v) is 2.49. The molecule has 0 radical (unpaired) electrons. The lowest BCUT2D eigenvalue weighted by atomic mass is 10.1. The zero-order valence-electron chi connectivity index (χ0n) is 11.3. The van der Waals surface area contributed by atoms with E-state index in [1.807, 2.05) is 0 Å². The number of pyridine rings is 1. The van der Waals surface area contributed by atoms with E-state index in [2.05, 4.69) is 39.8 Å². The van der Waals surface area contributed by atoms with E-state index in [1.54, 1.807) is 12.1 Å². The van der Waals surface area contributed by atoms with E-state index in [-0.39, 0.29) is 11.6 Å². The van der Waals surface area contributed by atoms with Crippen LogP contribution < -0.4 is 16.6 Å². The highest BCUT2D eigenvalue weighted by Crippen LogP contribution is 2.19. The molecule has 0 aliphatic heterocycles. The molecule has 1 amide bonds. The molecule has 106 valence electrons. The molecule has 4 N–H and O–H groups in total. The quantitative estimate of drug-likeness (QED) is 0.572. The molecule has 2 aromatic heterocycles. The van der Waals surface area contributed by atoms with Crippen molar-refractivity contribution in [1.82, 2.24) is 15.2 Å². The van der Waals surface area contributed by atoms with Gasteiger partial charge in [-0.25, -0.2) is 0 Å². The molecule has 0 bridgehead atoms. The van der Waals surface area contributed by atoms with Gasteiger partial charge in [0.05, 0.1) is 5.69 Å². The Hall–Kier alpha value is -2.06. The van der Waals surface area contributed by atoms with Crippen LogP contribution >= 0.6 is 11.3 Å². The highest BCUT2D eigenvalue weighted by Gasteiger charge is 2.12. The van der Waals surface area contributed by atoms with Gasteiger partial charge in [-0.15, -0.1) is 10.2 Å². The van der Waals surface area contributed by atoms with Crippen molar-refractivity contribution in [2.45, 2.75) is 20.3 Å². The Kier molecular flexibility index (Phi) is 4.59. The molecule has 0 saturated carbocycles. The number of hydrogen-bond donors (Lipinski definition) is 3. The van der Waals surface area contributed by atoms with Crippen LogP contribution in [0.5, 0.6) is 0 Å². The molecule has 7 nitrogen and oxygen atoms in total. The van der Waals surface area contributed by atoms with Gasteiger partial charge >= 0.3 is 0 Å². The number of nitrogens with one attached hydrogen (secondary N) is 2. The van der Waals surface area contributed by atoms with E-state index in [1.165, 1.54) is 17.5 Å². The van der Waals surface area contributed by atoms with Crippen LogP contribution in [0.4, 0.5) is 10.8 Å². The number of amides is 1. The Balaban J connectivity index is 2.05. The lowest BCUT2D eigenvalue weighted by Crippen LogP contribution is -2.15. The monoisotopic (exact) mass is 292 g/mol. The van der Waals surface area contributed by atoms with Crippen LogP contribution in [-0.4, -0.2) is 21.1 Å². The Morgan fingerprint density at radius 3 is 2.95 bits per heavy atom. The number of nitrogen functional groups attached to an aromatic ring is 1. The largest absolute Gasteiger partial charge is 0.324 e. The summed E-state index contributed by atoms with van der Waals surface area (Å²) in [4.78, 5) is 16.0. The summed E-state index contributed by atoms with van der Waals surface area (Å²) in [7, 11) is 0. The number of carbonyl (C=O) groups is 1. The fourth-order valence-electron chi connectivity index (χ4n) is 1.54. The van der Waals surface area contributed by atoms with E-state index in [0.29, 0.717) is 16.7 Å². The van der Waals surface area contributed by atoms with E-state index < -0.39 is 0 Å². The van der Waals surface area contributed by atoms with Gasteiger partial charge < -0.3 is 5.43 Å². The summed E-state index contributed by atoms with van der Waals surface area (Å²) in [6.07, 6.45) is 2.35. The molecular formula is C12H16N6OS. The molecule has 2 rings (SSSR count). The standard InChI is InChI=1S/C12H16N6OS/c1-7(2)5-10-17-18-12(20-10)15-11(19)9-6-8(16-13)3-4-14-9/h3-4,6-7H,5,13H2,1-2H3,(H,14,16)(H,15,18,19). The molecular weight excluding hydrogens is 276 g/mol. The summed E-state index contributed by atoms with van der Waals surface area (Å²) in [5, 5.41) is 12.0. The number of anilines is 2. The average molecular weight is 292 g/mol. The maximum atomic E-state index is 12.0. The maximum Gasteiger partial charge on any atom is 0.276 e. The first kappa shape index (κ1) is 14.4.